The molecule has 190 valence electrons. The van der Waals surface area contributed by atoms with Crippen LogP contribution in [0.5, 0.6) is 0 Å². The van der Waals surface area contributed by atoms with E-state index in [1.807, 2.05) is 36.1 Å². The molecule has 0 aliphatic carbocycles. The molecule has 0 unspecified atom stereocenters. The number of aryl methyl sites for hydroxylation is 2. The molecule has 2 aromatic carbocycles. The van der Waals surface area contributed by atoms with Crippen molar-refractivity contribution in [3.05, 3.63) is 82.8 Å². The number of carbonyl (C=O) groups excluding carboxylic acids is 1. The number of benzene rings is 2. The number of nitrogens with zero attached hydrogens (tertiary/aromatic N) is 7. The smallest absolute Gasteiger partial charge is 0.254 e. The molecule has 37 heavy (non-hydrogen) atoms. The van der Waals surface area contributed by atoms with Gasteiger partial charge >= 0.3 is 0 Å². The molecular weight excluding hydrogens is 462 g/mol. The van der Waals surface area contributed by atoms with Gasteiger partial charge in [-0.15, -0.1) is 0 Å². The average molecular weight is 496 g/mol. The van der Waals surface area contributed by atoms with Gasteiger partial charge in [-0.1, -0.05) is 18.2 Å². The summed E-state index contributed by atoms with van der Waals surface area (Å²) in [5.41, 5.74) is 6.00. The van der Waals surface area contributed by atoms with Crippen LogP contribution in [0.3, 0.4) is 0 Å². The van der Waals surface area contributed by atoms with Crippen LogP contribution < -0.4 is 9.80 Å². The quantitative estimate of drug-likeness (QED) is 0.538. The summed E-state index contributed by atoms with van der Waals surface area (Å²) >= 11 is 0. The maximum Gasteiger partial charge on any atom is 0.254 e. The molecule has 5 rings (SSSR count). The van der Waals surface area contributed by atoms with Crippen molar-refractivity contribution in [3.8, 4) is 6.07 Å². The molecule has 2 fully saturated rings. The number of anilines is 2. The van der Waals surface area contributed by atoms with E-state index in [1.165, 1.54) is 11.1 Å². The standard InChI is InChI=1S/C29H33N7O/c1-22-17-23(2)26(29(37)36-15-13-35(14-16-36)28-20-31-7-8-32-28)18-25(22)21-33-9-11-34(12-10-33)27-6-4-3-5-24(27)19-30/h3-8,17-18,20H,9-16,21H2,1-2H3. The molecule has 1 aromatic heterocycles. The van der Waals surface area contributed by atoms with Gasteiger partial charge in [0.1, 0.15) is 11.9 Å². The lowest BCUT2D eigenvalue weighted by Gasteiger charge is -2.37. The average Bonchev–Trinajstić information content (AvgIpc) is 2.95. The molecule has 2 aliphatic heterocycles. The number of aromatic nitrogens is 2. The summed E-state index contributed by atoms with van der Waals surface area (Å²) in [6.07, 6.45) is 5.15. The van der Waals surface area contributed by atoms with E-state index >= 15 is 0 Å². The molecule has 0 radical (unpaired) electrons. The van der Waals surface area contributed by atoms with E-state index in [1.54, 1.807) is 18.6 Å². The van der Waals surface area contributed by atoms with Gasteiger partial charge in [0, 0.05) is 76.9 Å². The van der Waals surface area contributed by atoms with Crippen LogP contribution in [0.2, 0.25) is 0 Å². The maximum atomic E-state index is 13.5. The second-order valence-corrected chi connectivity index (χ2v) is 9.83. The summed E-state index contributed by atoms with van der Waals surface area (Å²) in [6.45, 7) is 11.4. The van der Waals surface area contributed by atoms with E-state index < -0.39 is 0 Å². The Kier molecular flexibility index (Phi) is 7.33. The van der Waals surface area contributed by atoms with Crippen molar-refractivity contribution in [1.29, 1.82) is 5.26 Å². The fourth-order valence-electron chi connectivity index (χ4n) is 5.29. The maximum absolute atomic E-state index is 13.5. The van der Waals surface area contributed by atoms with E-state index in [9.17, 15) is 10.1 Å². The van der Waals surface area contributed by atoms with Gasteiger partial charge in [0.15, 0.2) is 0 Å². The van der Waals surface area contributed by atoms with Crippen LogP contribution in [0.25, 0.3) is 0 Å². The first-order chi connectivity index (χ1) is 18.0. The van der Waals surface area contributed by atoms with Gasteiger partial charge in [-0.05, 0) is 48.7 Å². The number of rotatable bonds is 5. The first-order valence-corrected chi connectivity index (χ1v) is 12.9. The van der Waals surface area contributed by atoms with Crippen LogP contribution >= 0.6 is 0 Å². The number of piperazine rings is 2. The van der Waals surface area contributed by atoms with Crippen LogP contribution in [0.1, 0.15) is 32.6 Å². The number of carbonyl (C=O) groups is 1. The molecule has 2 saturated heterocycles. The van der Waals surface area contributed by atoms with Crippen molar-refractivity contribution in [2.24, 2.45) is 0 Å². The third kappa shape index (κ3) is 5.42. The van der Waals surface area contributed by atoms with E-state index in [0.29, 0.717) is 13.1 Å². The summed E-state index contributed by atoms with van der Waals surface area (Å²) in [5.74, 6) is 0.968. The van der Waals surface area contributed by atoms with Gasteiger partial charge < -0.3 is 14.7 Å². The first-order valence-electron chi connectivity index (χ1n) is 12.9. The molecule has 3 aromatic rings. The summed E-state index contributed by atoms with van der Waals surface area (Å²) in [4.78, 5) is 30.9. The normalized spacial score (nSPS) is 16.5. The van der Waals surface area contributed by atoms with Crippen LogP contribution in [0.4, 0.5) is 11.5 Å². The minimum absolute atomic E-state index is 0.107. The van der Waals surface area contributed by atoms with Crippen molar-refractivity contribution in [1.82, 2.24) is 19.8 Å². The fourth-order valence-corrected chi connectivity index (χ4v) is 5.29. The number of amides is 1. The Morgan fingerprint density at radius 2 is 1.65 bits per heavy atom. The van der Waals surface area contributed by atoms with Crippen molar-refractivity contribution in [2.45, 2.75) is 20.4 Å². The number of hydrogen-bond acceptors (Lipinski definition) is 7. The molecule has 8 nitrogen and oxygen atoms in total. The summed E-state index contributed by atoms with van der Waals surface area (Å²) in [7, 11) is 0. The van der Waals surface area contributed by atoms with Crippen LogP contribution in [-0.2, 0) is 6.54 Å². The largest absolute Gasteiger partial charge is 0.368 e. The van der Waals surface area contributed by atoms with E-state index in [2.05, 4.69) is 49.8 Å². The van der Waals surface area contributed by atoms with Crippen molar-refractivity contribution >= 4 is 17.4 Å². The predicted octanol–water partition coefficient (Wildman–Crippen LogP) is 3.25. The molecule has 2 aliphatic rings. The zero-order valence-corrected chi connectivity index (χ0v) is 21.6. The van der Waals surface area contributed by atoms with E-state index in [-0.39, 0.29) is 5.91 Å². The van der Waals surface area contributed by atoms with Gasteiger partial charge in [0.05, 0.1) is 17.4 Å². The Bertz CT molecular complexity index is 1290. The number of nitriles is 1. The SMILES string of the molecule is Cc1cc(C)c(C(=O)N2CCN(c3cnccn3)CC2)cc1CN1CCN(c2ccccc2C#N)CC1. The Morgan fingerprint density at radius 3 is 2.35 bits per heavy atom. The number of hydrogen-bond donors (Lipinski definition) is 0. The van der Waals surface area contributed by atoms with Crippen molar-refractivity contribution in [3.63, 3.8) is 0 Å². The Hall–Kier alpha value is -3.96. The highest BCUT2D eigenvalue weighted by Crippen LogP contribution is 2.24. The molecule has 0 saturated carbocycles. The van der Waals surface area contributed by atoms with E-state index in [4.69, 9.17) is 0 Å². The minimum Gasteiger partial charge on any atom is -0.368 e. The highest BCUT2D eigenvalue weighted by Gasteiger charge is 2.25. The zero-order valence-electron chi connectivity index (χ0n) is 21.6. The van der Waals surface area contributed by atoms with Gasteiger partial charge in [-0.2, -0.15) is 5.26 Å². The molecule has 0 atom stereocenters. The summed E-state index contributed by atoms with van der Waals surface area (Å²) < 4.78 is 0. The van der Waals surface area contributed by atoms with Crippen LogP contribution in [-0.4, -0.2) is 78.0 Å². The van der Waals surface area contributed by atoms with Gasteiger partial charge in [0.25, 0.3) is 5.91 Å². The molecule has 0 spiro atoms. The second kappa shape index (κ2) is 11.0. The van der Waals surface area contributed by atoms with Crippen LogP contribution in [0.15, 0.2) is 55.0 Å². The lowest BCUT2D eigenvalue weighted by Crippen LogP contribution is -2.49. The van der Waals surface area contributed by atoms with Crippen LogP contribution in [0, 0.1) is 25.2 Å². The lowest BCUT2D eigenvalue weighted by atomic mass is 9.98. The van der Waals surface area contributed by atoms with Gasteiger partial charge in [0.2, 0.25) is 0 Å². The van der Waals surface area contributed by atoms with Gasteiger partial charge in [-0.3, -0.25) is 14.7 Å². The lowest BCUT2D eigenvalue weighted by molar-refractivity contribution is 0.0745. The Labute approximate surface area is 218 Å². The first kappa shape index (κ1) is 24.7. The molecule has 0 N–H and O–H groups in total. The van der Waals surface area contributed by atoms with Crippen molar-refractivity contribution in [2.75, 3.05) is 62.2 Å². The fraction of sp³-hybridized carbons (Fsp3) is 0.379. The highest BCUT2D eigenvalue weighted by atomic mass is 16.2. The highest BCUT2D eigenvalue weighted by molar-refractivity contribution is 5.96. The number of para-hydroxylation sites is 1. The molecular formula is C29H33N7O. The van der Waals surface area contributed by atoms with Crippen molar-refractivity contribution < 1.29 is 4.79 Å². The van der Waals surface area contributed by atoms with E-state index in [0.717, 1.165) is 74.0 Å². The molecule has 3 heterocycles. The predicted molar refractivity (Wildman–Crippen MR) is 145 cm³/mol. The Balaban J connectivity index is 1.22. The van der Waals surface area contributed by atoms with Gasteiger partial charge in [-0.25, -0.2) is 4.98 Å². The second-order valence-electron chi connectivity index (χ2n) is 9.83. The third-order valence-electron chi connectivity index (χ3n) is 7.49. The zero-order chi connectivity index (χ0) is 25.8. The minimum atomic E-state index is 0.107. The monoisotopic (exact) mass is 495 g/mol. The third-order valence-corrected chi connectivity index (χ3v) is 7.49. The molecule has 0 bridgehead atoms. The summed E-state index contributed by atoms with van der Waals surface area (Å²) in [5, 5.41) is 9.45. The molecule has 1 amide bonds. The molecule has 8 heteroatoms. The summed E-state index contributed by atoms with van der Waals surface area (Å²) in [6, 6.07) is 14.4. The Morgan fingerprint density at radius 1 is 0.919 bits per heavy atom. The topological polar surface area (TPSA) is 79.6 Å².